The maximum Gasteiger partial charge on any atom is 0.0346 e. The standard InChI is InChI=1S/C18H18N2.C2H7N/c1-4-6-15(12-19-3)17-9-14(2)10-18(11-17)16-7-5-8-20-13-16;1-3-2/h4-13H,1H2,2-3H3;3H,1-2H3/b15-6+,19-12?;. The predicted molar refractivity (Wildman–Crippen MR) is 102 cm³/mol. The van der Waals surface area contributed by atoms with Crippen molar-refractivity contribution in [3.05, 3.63) is 72.6 Å². The molecule has 0 aliphatic carbocycles. The molecular weight excluding hydrogens is 282 g/mol. The van der Waals surface area contributed by atoms with E-state index in [4.69, 9.17) is 0 Å². The van der Waals surface area contributed by atoms with Crippen molar-refractivity contribution in [3.63, 3.8) is 0 Å². The Kier molecular flexibility index (Phi) is 8.25. The monoisotopic (exact) mass is 307 g/mol. The third-order valence-electron chi connectivity index (χ3n) is 2.97. The van der Waals surface area contributed by atoms with Crippen LogP contribution in [0.4, 0.5) is 0 Å². The fourth-order valence-corrected chi connectivity index (χ4v) is 2.13. The number of hydrogen-bond donors (Lipinski definition) is 1. The van der Waals surface area contributed by atoms with Gasteiger partial charge in [0.25, 0.3) is 0 Å². The average molecular weight is 307 g/mol. The highest BCUT2D eigenvalue weighted by Gasteiger charge is 2.04. The van der Waals surface area contributed by atoms with E-state index >= 15 is 0 Å². The molecule has 2 rings (SSSR count). The average Bonchev–Trinajstić information content (AvgIpc) is 2.56. The van der Waals surface area contributed by atoms with Gasteiger partial charge in [-0.3, -0.25) is 9.98 Å². The van der Waals surface area contributed by atoms with Gasteiger partial charge in [0, 0.05) is 31.2 Å². The Bertz CT molecular complexity index is 671. The molecule has 0 saturated carbocycles. The maximum atomic E-state index is 4.18. The number of rotatable bonds is 4. The first-order valence-electron chi connectivity index (χ1n) is 7.52. The quantitative estimate of drug-likeness (QED) is 0.680. The minimum absolute atomic E-state index is 1.05. The number of nitrogens with zero attached hydrogens (tertiary/aromatic N) is 2. The Labute approximate surface area is 139 Å². The van der Waals surface area contributed by atoms with E-state index in [-0.39, 0.29) is 0 Å². The van der Waals surface area contributed by atoms with Crippen molar-refractivity contribution in [1.82, 2.24) is 10.3 Å². The van der Waals surface area contributed by atoms with E-state index in [0.717, 1.165) is 22.3 Å². The lowest BCUT2D eigenvalue weighted by atomic mass is 9.97. The van der Waals surface area contributed by atoms with Gasteiger partial charge in [0.2, 0.25) is 0 Å². The SMILES string of the molecule is C=C/C=C(\C=NC)c1cc(C)cc(-c2cccnc2)c1.CNC. The molecule has 1 N–H and O–H groups in total. The van der Waals surface area contributed by atoms with Crippen LogP contribution in [0.15, 0.2) is 66.4 Å². The zero-order valence-corrected chi connectivity index (χ0v) is 14.4. The normalized spacial score (nSPS) is 11.0. The summed E-state index contributed by atoms with van der Waals surface area (Å²) in [7, 11) is 5.52. The number of nitrogens with one attached hydrogen (secondary N) is 1. The molecule has 0 amide bonds. The minimum atomic E-state index is 1.05. The van der Waals surface area contributed by atoms with Crippen LogP contribution in [0.1, 0.15) is 11.1 Å². The molecular formula is C20H25N3. The molecule has 0 aliphatic heterocycles. The van der Waals surface area contributed by atoms with Crippen molar-refractivity contribution in [2.45, 2.75) is 6.92 Å². The Morgan fingerprint density at radius 1 is 1.22 bits per heavy atom. The van der Waals surface area contributed by atoms with E-state index in [1.54, 1.807) is 19.3 Å². The van der Waals surface area contributed by atoms with E-state index in [0.29, 0.717) is 0 Å². The second kappa shape index (κ2) is 10.2. The van der Waals surface area contributed by atoms with Gasteiger partial charge in [-0.1, -0.05) is 36.9 Å². The number of aromatic nitrogens is 1. The highest BCUT2D eigenvalue weighted by atomic mass is 14.7. The molecule has 0 saturated heterocycles. The molecule has 0 aliphatic rings. The lowest BCUT2D eigenvalue weighted by Gasteiger charge is -2.08. The van der Waals surface area contributed by atoms with Crippen LogP contribution in [-0.4, -0.2) is 32.3 Å². The first-order valence-corrected chi connectivity index (χ1v) is 7.52. The predicted octanol–water partition coefficient (Wildman–Crippen LogP) is 4.16. The fourth-order valence-electron chi connectivity index (χ4n) is 2.13. The summed E-state index contributed by atoms with van der Waals surface area (Å²) < 4.78 is 0. The van der Waals surface area contributed by atoms with Crippen molar-refractivity contribution >= 4 is 11.8 Å². The van der Waals surface area contributed by atoms with Gasteiger partial charge in [-0.2, -0.15) is 0 Å². The van der Waals surface area contributed by atoms with Gasteiger partial charge in [-0.05, 0) is 55.4 Å². The van der Waals surface area contributed by atoms with Gasteiger partial charge in [0.05, 0.1) is 0 Å². The number of pyridine rings is 1. The van der Waals surface area contributed by atoms with E-state index in [1.807, 2.05) is 38.6 Å². The fraction of sp³-hybridized carbons (Fsp3) is 0.200. The molecule has 3 heteroatoms. The first kappa shape index (κ1) is 18.5. The molecule has 1 aromatic carbocycles. The van der Waals surface area contributed by atoms with Crippen LogP contribution in [0.3, 0.4) is 0 Å². The molecule has 1 heterocycles. The van der Waals surface area contributed by atoms with Crippen LogP contribution in [0, 0.1) is 6.92 Å². The van der Waals surface area contributed by atoms with Gasteiger partial charge >= 0.3 is 0 Å². The summed E-state index contributed by atoms with van der Waals surface area (Å²) >= 11 is 0. The van der Waals surface area contributed by atoms with Crippen LogP contribution < -0.4 is 5.32 Å². The van der Waals surface area contributed by atoms with Crippen LogP contribution in [-0.2, 0) is 0 Å². The summed E-state index contributed by atoms with van der Waals surface area (Å²) in [6, 6.07) is 10.5. The summed E-state index contributed by atoms with van der Waals surface area (Å²) in [5.74, 6) is 0. The first-order chi connectivity index (χ1) is 11.2. The second-order valence-electron chi connectivity index (χ2n) is 5.07. The summed E-state index contributed by atoms with van der Waals surface area (Å²) in [4.78, 5) is 8.29. The van der Waals surface area contributed by atoms with Crippen molar-refractivity contribution in [2.24, 2.45) is 4.99 Å². The number of aryl methyl sites for hydroxylation is 1. The maximum absolute atomic E-state index is 4.18. The molecule has 0 atom stereocenters. The van der Waals surface area contributed by atoms with Gasteiger partial charge in [-0.25, -0.2) is 0 Å². The number of hydrogen-bond acceptors (Lipinski definition) is 3. The molecule has 0 unspecified atom stereocenters. The zero-order chi connectivity index (χ0) is 17.1. The molecule has 120 valence electrons. The van der Waals surface area contributed by atoms with E-state index in [2.05, 4.69) is 53.1 Å². The summed E-state index contributed by atoms with van der Waals surface area (Å²) in [5.41, 5.74) is 5.67. The van der Waals surface area contributed by atoms with Crippen molar-refractivity contribution in [3.8, 4) is 11.1 Å². The van der Waals surface area contributed by atoms with Gasteiger partial charge in [0.1, 0.15) is 0 Å². The van der Waals surface area contributed by atoms with Crippen LogP contribution in [0.25, 0.3) is 16.7 Å². The highest BCUT2D eigenvalue weighted by Crippen LogP contribution is 2.24. The largest absolute Gasteiger partial charge is 0.323 e. The Balaban J connectivity index is 0.000000816. The van der Waals surface area contributed by atoms with E-state index < -0.39 is 0 Å². The van der Waals surface area contributed by atoms with Crippen molar-refractivity contribution in [2.75, 3.05) is 21.1 Å². The van der Waals surface area contributed by atoms with E-state index in [1.165, 1.54) is 5.56 Å². The molecule has 0 fully saturated rings. The molecule has 2 aromatic rings. The minimum Gasteiger partial charge on any atom is -0.323 e. The summed E-state index contributed by atoms with van der Waals surface area (Å²) in [5, 5.41) is 2.75. The summed E-state index contributed by atoms with van der Waals surface area (Å²) in [6.45, 7) is 5.86. The van der Waals surface area contributed by atoms with Crippen LogP contribution >= 0.6 is 0 Å². The molecule has 0 bridgehead atoms. The zero-order valence-electron chi connectivity index (χ0n) is 14.4. The third-order valence-corrected chi connectivity index (χ3v) is 2.97. The van der Waals surface area contributed by atoms with Gasteiger partial charge in [-0.15, -0.1) is 0 Å². The Morgan fingerprint density at radius 3 is 2.52 bits per heavy atom. The molecule has 0 spiro atoms. The topological polar surface area (TPSA) is 37.3 Å². The molecule has 0 radical (unpaired) electrons. The highest BCUT2D eigenvalue weighted by molar-refractivity contribution is 6.10. The van der Waals surface area contributed by atoms with Gasteiger partial charge < -0.3 is 5.32 Å². The smallest absolute Gasteiger partial charge is 0.0346 e. The molecule has 23 heavy (non-hydrogen) atoms. The molecule has 1 aromatic heterocycles. The Hall–Kier alpha value is -2.52. The van der Waals surface area contributed by atoms with Crippen molar-refractivity contribution in [1.29, 1.82) is 0 Å². The second-order valence-corrected chi connectivity index (χ2v) is 5.07. The lowest BCUT2D eigenvalue weighted by molar-refractivity contribution is 1.02. The van der Waals surface area contributed by atoms with Gasteiger partial charge in [0.15, 0.2) is 0 Å². The summed E-state index contributed by atoms with van der Waals surface area (Å²) in [6.07, 6.45) is 9.26. The van der Waals surface area contributed by atoms with E-state index in [9.17, 15) is 0 Å². The number of benzene rings is 1. The van der Waals surface area contributed by atoms with Crippen LogP contribution in [0.2, 0.25) is 0 Å². The number of allylic oxidation sites excluding steroid dienone is 3. The number of aliphatic imine (C=N–C) groups is 1. The molecule has 3 nitrogen and oxygen atoms in total. The van der Waals surface area contributed by atoms with Crippen LogP contribution in [0.5, 0.6) is 0 Å². The Morgan fingerprint density at radius 2 is 1.96 bits per heavy atom. The third kappa shape index (κ3) is 6.01. The lowest BCUT2D eigenvalue weighted by Crippen LogP contribution is -1.90. The van der Waals surface area contributed by atoms with Crippen molar-refractivity contribution < 1.29 is 0 Å².